The van der Waals surface area contributed by atoms with E-state index in [1.807, 2.05) is 35.2 Å². The fraction of sp³-hybridized carbons (Fsp3) is 0.600. The van der Waals surface area contributed by atoms with E-state index in [0.29, 0.717) is 18.8 Å². The lowest BCUT2D eigenvalue weighted by Crippen LogP contribution is -2.49. The van der Waals surface area contributed by atoms with E-state index in [9.17, 15) is 9.59 Å². The Labute approximate surface area is 149 Å². The first-order valence-electron chi connectivity index (χ1n) is 9.43. The molecule has 1 saturated heterocycles. The van der Waals surface area contributed by atoms with Gasteiger partial charge in [-0.1, -0.05) is 30.3 Å². The van der Waals surface area contributed by atoms with Crippen LogP contribution in [0.1, 0.15) is 44.1 Å². The van der Waals surface area contributed by atoms with Crippen LogP contribution in [-0.4, -0.2) is 41.1 Å². The van der Waals surface area contributed by atoms with Crippen molar-refractivity contribution in [3.05, 3.63) is 35.9 Å². The molecule has 2 aliphatic rings. The zero-order valence-electron chi connectivity index (χ0n) is 14.7. The molecule has 1 heterocycles. The van der Waals surface area contributed by atoms with E-state index >= 15 is 0 Å². The van der Waals surface area contributed by atoms with Gasteiger partial charge in [0.2, 0.25) is 0 Å². The Morgan fingerprint density at radius 3 is 2.60 bits per heavy atom. The van der Waals surface area contributed by atoms with Gasteiger partial charge in [-0.15, -0.1) is 0 Å². The number of amides is 2. The van der Waals surface area contributed by atoms with Crippen molar-refractivity contribution in [3.8, 4) is 0 Å². The van der Waals surface area contributed by atoms with E-state index < -0.39 is 5.97 Å². The molecule has 1 aliphatic heterocycles. The molecular weight excluding hydrogens is 316 g/mol. The van der Waals surface area contributed by atoms with Crippen molar-refractivity contribution >= 4 is 12.0 Å². The second-order valence-corrected chi connectivity index (χ2v) is 7.45. The molecule has 0 spiro atoms. The second kappa shape index (κ2) is 8.37. The SMILES string of the molecule is O=C(O)CCC(Cc1ccccc1)NC(=O)N1CCCC(C2CC2)C1. The maximum atomic E-state index is 12.7. The highest BCUT2D eigenvalue weighted by Crippen LogP contribution is 2.40. The van der Waals surface area contributed by atoms with Crippen LogP contribution in [0.3, 0.4) is 0 Å². The highest BCUT2D eigenvalue weighted by molar-refractivity contribution is 5.75. The van der Waals surface area contributed by atoms with Crippen LogP contribution in [0.15, 0.2) is 30.3 Å². The fourth-order valence-electron chi connectivity index (χ4n) is 3.83. The molecule has 0 radical (unpaired) electrons. The van der Waals surface area contributed by atoms with Crippen LogP contribution in [0.5, 0.6) is 0 Å². The number of carboxylic acids is 1. The largest absolute Gasteiger partial charge is 0.481 e. The summed E-state index contributed by atoms with van der Waals surface area (Å²) < 4.78 is 0. The van der Waals surface area contributed by atoms with Gasteiger partial charge in [0, 0.05) is 25.6 Å². The van der Waals surface area contributed by atoms with Gasteiger partial charge in [0.15, 0.2) is 0 Å². The van der Waals surface area contributed by atoms with Gasteiger partial charge >= 0.3 is 12.0 Å². The molecule has 1 aliphatic carbocycles. The zero-order chi connectivity index (χ0) is 17.6. The van der Waals surface area contributed by atoms with Crippen molar-refractivity contribution in [3.63, 3.8) is 0 Å². The summed E-state index contributed by atoms with van der Waals surface area (Å²) in [4.78, 5) is 25.6. The Morgan fingerprint density at radius 1 is 1.16 bits per heavy atom. The number of hydrogen-bond donors (Lipinski definition) is 2. The molecule has 1 aromatic carbocycles. The minimum Gasteiger partial charge on any atom is -0.481 e. The smallest absolute Gasteiger partial charge is 0.317 e. The Morgan fingerprint density at radius 2 is 1.92 bits per heavy atom. The monoisotopic (exact) mass is 344 g/mol. The number of likely N-dealkylation sites (tertiary alicyclic amines) is 1. The molecule has 2 N–H and O–H groups in total. The zero-order valence-corrected chi connectivity index (χ0v) is 14.7. The Bertz CT molecular complexity index is 586. The summed E-state index contributed by atoms with van der Waals surface area (Å²) in [6, 6.07) is 9.75. The molecule has 2 fully saturated rings. The van der Waals surface area contributed by atoms with Crippen molar-refractivity contribution in [1.29, 1.82) is 0 Å². The lowest BCUT2D eigenvalue weighted by Gasteiger charge is -2.34. The van der Waals surface area contributed by atoms with Gasteiger partial charge < -0.3 is 15.3 Å². The van der Waals surface area contributed by atoms with Crippen LogP contribution in [0.4, 0.5) is 4.79 Å². The first-order chi connectivity index (χ1) is 12.1. The maximum absolute atomic E-state index is 12.7. The van der Waals surface area contributed by atoms with Crippen LogP contribution in [0.2, 0.25) is 0 Å². The number of carboxylic acid groups (broad SMARTS) is 1. The number of piperidine rings is 1. The van der Waals surface area contributed by atoms with Gasteiger partial charge in [-0.3, -0.25) is 4.79 Å². The molecule has 1 saturated carbocycles. The van der Waals surface area contributed by atoms with Crippen molar-refractivity contribution < 1.29 is 14.7 Å². The summed E-state index contributed by atoms with van der Waals surface area (Å²) in [6.07, 6.45) is 6.14. The third-order valence-corrected chi connectivity index (χ3v) is 5.39. The number of rotatable bonds is 7. The highest BCUT2D eigenvalue weighted by Gasteiger charge is 2.35. The van der Waals surface area contributed by atoms with Crippen LogP contribution in [0.25, 0.3) is 0 Å². The predicted molar refractivity (Wildman–Crippen MR) is 96.4 cm³/mol. The summed E-state index contributed by atoms with van der Waals surface area (Å²) in [7, 11) is 0. The number of benzene rings is 1. The van der Waals surface area contributed by atoms with E-state index in [2.05, 4.69) is 5.32 Å². The molecular formula is C20H28N2O3. The summed E-state index contributed by atoms with van der Waals surface area (Å²) in [5.41, 5.74) is 1.12. The number of aliphatic carboxylic acids is 1. The van der Waals surface area contributed by atoms with Gasteiger partial charge in [-0.05, 0) is 55.9 Å². The third kappa shape index (κ3) is 5.48. The first-order valence-corrected chi connectivity index (χ1v) is 9.43. The van der Waals surface area contributed by atoms with Gasteiger partial charge in [-0.2, -0.15) is 0 Å². The molecule has 136 valence electrons. The maximum Gasteiger partial charge on any atom is 0.317 e. The quantitative estimate of drug-likeness (QED) is 0.797. The molecule has 5 heteroatoms. The summed E-state index contributed by atoms with van der Waals surface area (Å²) in [5.74, 6) is 0.660. The number of urea groups is 1. The van der Waals surface area contributed by atoms with E-state index in [-0.39, 0.29) is 18.5 Å². The molecule has 2 unspecified atom stereocenters. The number of nitrogens with zero attached hydrogens (tertiary/aromatic N) is 1. The lowest BCUT2D eigenvalue weighted by molar-refractivity contribution is -0.137. The van der Waals surface area contributed by atoms with Gasteiger partial charge in [0.25, 0.3) is 0 Å². The molecule has 1 aromatic rings. The molecule has 0 bridgehead atoms. The number of carbonyl (C=O) groups is 2. The Hall–Kier alpha value is -2.04. The summed E-state index contributed by atoms with van der Waals surface area (Å²) >= 11 is 0. The number of nitrogens with one attached hydrogen (secondary N) is 1. The van der Waals surface area contributed by atoms with Crippen molar-refractivity contribution in [2.75, 3.05) is 13.1 Å². The minimum atomic E-state index is -0.820. The third-order valence-electron chi connectivity index (χ3n) is 5.39. The molecule has 5 nitrogen and oxygen atoms in total. The van der Waals surface area contributed by atoms with E-state index in [4.69, 9.17) is 5.11 Å². The van der Waals surface area contributed by atoms with E-state index in [1.165, 1.54) is 19.3 Å². The fourth-order valence-corrected chi connectivity index (χ4v) is 3.83. The van der Waals surface area contributed by atoms with E-state index in [0.717, 1.165) is 31.0 Å². The van der Waals surface area contributed by atoms with Crippen LogP contribution < -0.4 is 5.32 Å². The highest BCUT2D eigenvalue weighted by atomic mass is 16.4. The predicted octanol–water partition coefficient (Wildman–Crippen LogP) is 3.29. The summed E-state index contributed by atoms with van der Waals surface area (Å²) in [5, 5.41) is 12.1. The van der Waals surface area contributed by atoms with E-state index in [1.54, 1.807) is 0 Å². The van der Waals surface area contributed by atoms with Crippen LogP contribution >= 0.6 is 0 Å². The molecule has 2 atom stereocenters. The molecule has 25 heavy (non-hydrogen) atoms. The van der Waals surface area contributed by atoms with Gasteiger partial charge in [0.1, 0.15) is 0 Å². The Kier molecular flexibility index (Phi) is 5.95. The van der Waals surface area contributed by atoms with Gasteiger partial charge in [-0.25, -0.2) is 4.79 Å². The number of hydrogen-bond acceptors (Lipinski definition) is 2. The topological polar surface area (TPSA) is 69.6 Å². The minimum absolute atomic E-state index is 0.0309. The average Bonchev–Trinajstić information content (AvgIpc) is 3.46. The van der Waals surface area contributed by atoms with Crippen LogP contribution in [-0.2, 0) is 11.2 Å². The van der Waals surface area contributed by atoms with Crippen molar-refractivity contribution in [2.45, 2.75) is 51.0 Å². The van der Waals surface area contributed by atoms with Crippen molar-refractivity contribution in [2.24, 2.45) is 11.8 Å². The molecule has 2 amide bonds. The van der Waals surface area contributed by atoms with Crippen molar-refractivity contribution in [1.82, 2.24) is 10.2 Å². The van der Waals surface area contributed by atoms with Crippen LogP contribution in [0, 0.1) is 11.8 Å². The second-order valence-electron chi connectivity index (χ2n) is 7.45. The lowest BCUT2D eigenvalue weighted by atomic mass is 9.93. The first kappa shape index (κ1) is 17.8. The Balaban J connectivity index is 1.57. The molecule has 0 aromatic heterocycles. The summed E-state index contributed by atoms with van der Waals surface area (Å²) in [6.45, 7) is 1.67. The van der Waals surface area contributed by atoms with Gasteiger partial charge in [0.05, 0.1) is 0 Å². The average molecular weight is 344 g/mol. The molecule has 3 rings (SSSR count). The number of carbonyl (C=O) groups excluding carboxylic acids is 1. The normalized spacial score (nSPS) is 21.6. The standard InChI is InChI=1S/C20H28N2O3/c23-19(24)11-10-18(13-15-5-2-1-3-6-15)21-20(25)22-12-4-7-17(14-22)16-8-9-16/h1-3,5-6,16-18H,4,7-14H2,(H,21,25)(H,23,24).